The standard InChI is InChI=1S/C21H26N2O3/c1-16(2)22-21(24)23-10-11-26-20-9-8-18(12-19(20)13-23)15-25-14-17-6-4-3-5-7-17/h3-9,12,16H,10-11,13-15H2,1-2H3,(H,22,24). The fraction of sp³-hybridized carbons (Fsp3) is 0.381. The van der Waals surface area contributed by atoms with E-state index in [1.807, 2.05) is 44.2 Å². The normalized spacial score (nSPS) is 13.7. The Morgan fingerprint density at radius 2 is 1.92 bits per heavy atom. The maximum Gasteiger partial charge on any atom is 0.318 e. The zero-order chi connectivity index (χ0) is 18.4. The number of hydrogen-bond acceptors (Lipinski definition) is 3. The van der Waals surface area contributed by atoms with E-state index in [1.54, 1.807) is 4.90 Å². The van der Waals surface area contributed by atoms with Crippen LogP contribution in [-0.4, -0.2) is 30.1 Å². The lowest BCUT2D eigenvalue weighted by Gasteiger charge is -2.22. The molecule has 2 amide bonds. The molecule has 2 aromatic rings. The van der Waals surface area contributed by atoms with Crippen LogP contribution < -0.4 is 10.1 Å². The molecule has 1 heterocycles. The summed E-state index contributed by atoms with van der Waals surface area (Å²) in [6.07, 6.45) is 0. The molecule has 0 unspecified atom stereocenters. The Morgan fingerprint density at radius 3 is 2.69 bits per heavy atom. The maximum atomic E-state index is 12.3. The molecular formula is C21H26N2O3. The second-order valence-corrected chi connectivity index (χ2v) is 6.79. The molecule has 0 aromatic heterocycles. The molecule has 1 aliphatic rings. The van der Waals surface area contributed by atoms with Crippen molar-refractivity contribution in [3.63, 3.8) is 0 Å². The van der Waals surface area contributed by atoms with Crippen molar-refractivity contribution in [3.8, 4) is 5.75 Å². The van der Waals surface area contributed by atoms with Gasteiger partial charge in [-0.15, -0.1) is 0 Å². The lowest BCUT2D eigenvalue weighted by molar-refractivity contribution is 0.107. The van der Waals surface area contributed by atoms with Crippen molar-refractivity contribution in [1.82, 2.24) is 10.2 Å². The van der Waals surface area contributed by atoms with Crippen LogP contribution in [0.15, 0.2) is 48.5 Å². The van der Waals surface area contributed by atoms with E-state index in [1.165, 1.54) is 0 Å². The van der Waals surface area contributed by atoms with Gasteiger partial charge >= 0.3 is 6.03 Å². The van der Waals surface area contributed by atoms with Gasteiger partial charge in [0.25, 0.3) is 0 Å². The SMILES string of the molecule is CC(C)NC(=O)N1CCOc2ccc(COCc3ccccc3)cc2C1. The lowest BCUT2D eigenvalue weighted by Crippen LogP contribution is -2.43. The predicted molar refractivity (Wildman–Crippen MR) is 101 cm³/mol. The topological polar surface area (TPSA) is 50.8 Å². The Hall–Kier alpha value is -2.53. The summed E-state index contributed by atoms with van der Waals surface area (Å²) in [5.74, 6) is 0.844. The van der Waals surface area contributed by atoms with Crippen LogP contribution in [0.25, 0.3) is 0 Å². The molecule has 0 fully saturated rings. The van der Waals surface area contributed by atoms with Gasteiger partial charge in [0.1, 0.15) is 12.4 Å². The second-order valence-electron chi connectivity index (χ2n) is 6.79. The first-order chi connectivity index (χ1) is 12.6. The number of benzene rings is 2. The Balaban J connectivity index is 1.63. The first-order valence-corrected chi connectivity index (χ1v) is 9.03. The highest BCUT2D eigenvalue weighted by Crippen LogP contribution is 2.25. The Morgan fingerprint density at radius 1 is 1.15 bits per heavy atom. The van der Waals surface area contributed by atoms with E-state index in [0.29, 0.717) is 32.9 Å². The van der Waals surface area contributed by atoms with Gasteiger partial charge < -0.3 is 19.7 Å². The van der Waals surface area contributed by atoms with Crippen molar-refractivity contribution in [2.45, 2.75) is 39.6 Å². The first kappa shape index (κ1) is 18.3. The van der Waals surface area contributed by atoms with Crippen LogP contribution in [0, 0.1) is 0 Å². The average Bonchev–Trinajstić information content (AvgIpc) is 2.84. The van der Waals surface area contributed by atoms with E-state index >= 15 is 0 Å². The highest BCUT2D eigenvalue weighted by molar-refractivity contribution is 5.74. The van der Waals surface area contributed by atoms with Gasteiger partial charge in [-0.25, -0.2) is 4.79 Å². The van der Waals surface area contributed by atoms with Gasteiger partial charge in [-0.2, -0.15) is 0 Å². The van der Waals surface area contributed by atoms with Crippen molar-refractivity contribution < 1.29 is 14.3 Å². The van der Waals surface area contributed by atoms with Crippen LogP contribution in [-0.2, 0) is 24.5 Å². The molecule has 0 radical (unpaired) electrons. The summed E-state index contributed by atoms with van der Waals surface area (Å²) in [6, 6.07) is 16.2. The van der Waals surface area contributed by atoms with Crippen molar-refractivity contribution >= 4 is 6.03 Å². The van der Waals surface area contributed by atoms with E-state index < -0.39 is 0 Å². The Kier molecular flexibility index (Phi) is 6.12. The fourth-order valence-electron chi connectivity index (χ4n) is 2.91. The smallest absolute Gasteiger partial charge is 0.318 e. The highest BCUT2D eigenvalue weighted by atomic mass is 16.5. The number of nitrogens with zero attached hydrogens (tertiary/aromatic N) is 1. The molecule has 0 saturated carbocycles. The summed E-state index contributed by atoms with van der Waals surface area (Å²) in [4.78, 5) is 14.1. The van der Waals surface area contributed by atoms with E-state index in [-0.39, 0.29) is 12.1 Å². The third-order valence-electron chi connectivity index (χ3n) is 4.18. The van der Waals surface area contributed by atoms with E-state index in [9.17, 15) is 4.79 Å². The number of carbonyl (C=O) groups excluding carboxylic acids is 1. The number of ether oxygens (including phenoxy) is 2. The number of carbonyl (C=O) groups is 1. The molecule has 0 bridgehead atoms. The van der Waals surface area contributed by atoms with Crippen molar-refractivity contribution in [3.05, 3.63) is 65.2 Å². The largest absolute Gasteiger partial charge is 0.491 e. The maximum absolute atomic E-state index is 12.3. The third-order valence-corrected chi connectivity index (χ3v) is 4.18. The predicted octanol–water partition coefficient (Wildman–Crippen LogP) is 3.72. The molecule has 5 heteroatoms. The highest BCUT2D eigenvalue weighted by Gasteiger charge is 2.20. The summed E-state index contributed by atoms with van der Waals surface area (Å²) < 4.78 is 11.6. The first-order valence-electron chi connectivity index (χ1n) is 9.03. The minimum atomic E-state index is -0.0535. The van der Waals surface area contributed by atoms with Crippen LogP contribution in [0.4, 0.5) is 4.79 Å². The van der Waals surface area contributed by atoms with Crippen molar-refractivity contribution in [2.24, 2.45) is 0 Å². The number of hydrogen-bond donors (Lipinski definition) is 1. The van der Waals surface area contributed by atoms with Gasteiger partial charge in [0.05, 0.1) is 26.3 Å². The minimum Gasteiger partial charge on any atom is -0.491 e. The lowest BCUT2D eigenvalue weighted by atomic mass is 10.1. The summed E-state index contributed by atoms with van der Waals surface area (Å²) in [6.45, 7) is 6.65. The molecule has 0 aliphatic carbocycles. The number of nitrogens with one attached hydrogen (secondary N) is 1. The molecule has 0 saturated heterocycles. The second kappa shape index (κ2) is 8.72. The average molecular weight is 354 g/mol. The molecule has 3 rings (SSSR count). The molecular weight excluding hydrogens is 328 g/mol. The molecule has 5 nitrogen and oxygen atoms in total. The van der Waals surface area contributed by atoms with Gasteiger partial charge in [-0.3, -0.25) is 0 Å². The summed E-state index contributed by atoms with van der Waals surface area (Å²) >= 11 is 0. The monoisotopic (exact) mass is 354 g/mol. The summed E-state index contributed by atoms with van der Waals surface area (Å²) in [7, 11) is 0. The van der Waals surface area contributed by atoms with Crippen LogP contribution in [0.3, 0.4) is 0 Å². The quantitative estimate of drug-likeness (QED) is 0.890. The van der Waals surface area contributed by atoms with Crippen LogP contribution in [0.2, 0.25) is 0 Å². The number of urea groups is 1. The number of fused-ring (bicyclic) bond motifs is 1. The van der Waals surface area contributed by atoms with E-state index in [0.717, 1.165) is 22.4 Å². The number of rotatable bonds is 5. The third kappa shape index (κ3) is 4.99. The molecule has 1 N–H and O–H groups in total. The zero-order valence-electron chi connectivity index (χ0n) is 15.4. The molecule has 2 aromatic carbocycles. The van der Waals surface area contributed by atoms with Crippen LogP contribution in [0.5, 0.6) is 5.75 Å². The van der Waals surface area contributed by atoms with Crippen molar-refractivity contribution in [1.29, 1.82) is 0 Å². The minimum absolute atomic E-state index is 0.0535. The molecule has 138 valence electrons. The Labute approximate surface area is 154 Å². The Bertz CT molecular complexity index is 731. The molecule has 0 atom stereocenters. The van der Waals surface area contributed by atoms with E-state index in [2.05, 4.69) is 23.5 Å². The van der Waals surface area contributed by atoms with Gasteiger partial charge in [0.2, 0.25) is 0 Å². The zero-order valence-corrected chi connectivity index (χ0v) is 15.4. The number of amides is 2. The van der Waals surface area contributed by atoms with Gasteiger partial charge in [-0.1, -0.05) is 36.4 Å². The van der Waals surface area contributed by atoms with Crippen LogP contribution >= 0.6 is 0 Å². The summed E-state index contributed by atoms with van der Waals surface area (Å²) in [5.41, 5.74) is 3.25. The fourth-order valence-corrected chi connectivity index (χ4v) is 2.91. The van der Waals surface area contributed by atoms with E-state index in [4.69, 9.17) is 9.47 Å². The van der Waals surface area contributed by atoms with Crippen LogP contribution in [0.1, 0.15) is 30.5 Å². The van der Waals surface area contributed by atoms with Gasteiger partial charge in [-0.05, 0) is 37.1 Å². The van der Waals surface area contributed by atoms with Gasteiger partial charge in [0, 0.05) is 11.6 Å². The molecule has 26 heavy (non-hydrogen) atoms. The molecule has 1 aliphatic heterocycles. The summed E-state index contributed by atoms with van der Waals surface area (Å²) in [5, 5.41) is 2.94. The molecule has 0 spiro atoms. The van der Waals surface area contributed by atoms with Gasteiger partial charge in [0.15, 0.2) is 0 Å². The van der Waals surface area contributed by atoms with Crippen molar-refractivity contribution in [2.75, 3.05) is 13.2 Å².